The van der Waals surface area contributed by atoms with E-state index >= 15 is 0 Å². The third-order valence-electron chi connectivity index (χ3n) is 5.16. The van der Waals surface area contributed by atoms with Crippen LogP contribution in [0.5, 0.6) is 11.5 Å². The van der Waals surface area contributed by atoms with E-state index in [1.165, 1.54) is 0 Å². The van der Waals surface area contributed by atoms with Gasteiger partial charge in [-0.15, -0.1) is 0 Å². The van der Waals surface area contributed by atoms with Crippen molar-refractivity contribution in [3.8, 4) is 11.5 Å². The van der Waals surface area contributed by atoms with E-state index in [9.17, 15) is 4.79 Å². The fourth-order valence-electron chi connectivity index (χ4n) is 3.16. The number of carbonyl (C=O) groups excluding carboxylic acids is 1. The minimum absolute atomic E-state index is 0.0127. The van der Waals surface area contributed by atoms with Gasteiger partial charge in [-0.3, -0.25) is 4.79 Å². The van der Waals surface area contributed by atoms with Gasteiger partial charge in [-0.05, 0) is 26.0 Å². The normalized spacial score (nSPS) is 25.6. The molecule has 140 valence electrons. The summed E-state index contributed by atoms with van der Waals surface area (Å²) in [5.41, 5.74) is 5.06. The molecule has 0 aromatic heterocycles. The number of hydrogen-bond acceptors (Lipinski definition) is 5. The van der Waals surface area contributed by atoms with Crippen LogP contribution in [0, 0.1) is 5.41 Å². The van der Waals surface area contributed by atoms with Crippen molar-refractivity contribution >= 4 is 5.91 Å². The van der Waals surface area contributed by atoms with Crippen molar-refractivity contribution in [2.24, 2.45) is 11.1 Å². The van der Waals surface area contributed by atoms with E-state index < -0.39 is 11.0 Å². The van der Waals surface area contributed by atoms with Crippen molar-refractivity contribution in [1.82, 2.24) is 5.32 Å². The molecule has 1 aliphatic rings. The van der Waals surface area contributed by atoms with E-state index in [0.717, 1.165) is 5.75 Å². The summed E-state index contributed by atoms with van der Waals surface area (Å²) in [6, 6.07) is 7.38. The first-order valence-electron chi connectivity index (χ1n) is 8.74. The summed E-state index contributed by atoms with van der Waals surface area (Å²) in [5, 5.41) is 2.92. The fraction of sp³-hybridized carbons (Fsp3) is 0.632. The van der Waals surface area contributed by atoms with E-state index in [-0.39, 0.29) is 18.1 Å². The van der Waals surface area contributed by atoms with Gasteiger partial charge >= 0.3 is 0 Å². The third-order valence-corrected chi connectivity index (χ3v) is 5.16. The summed E-state index contributed by atoms with van der Waals surface area (Å²) < 4.78 is 16.7. The summed E-state index contributed by atoms with van der Waals surface area (Å²) in [6.07, 6.45) is 0.356. The van der Waals surface area contributed by atoms with Gasteiger partial charge in [0.15, 0.2) is 0 Å². The van der Waals surface area contributed by atoms with Crippen LogP contribution < -0.4 is 20.5 Å². The largest absolute Gasteiger partial charge is 0.497 e. The highest BCUT2D eigenvalue weighted by atomic mass is 16.5. The zero-order chi connectivity index (χ0) is 18.7. The molecule has 6 nitrogen and oxygen atoms in total. The van der Waals surface area contributed by atoms with Crippen LogP contribution in [0.25, 0.3) is 0 Å². The summed E-state index contributed by atoms with van der Waals surface area (Å²) >= 11 is 0. The molecular formula is C19H30N2O4. The van der Waals surface area contributed by atoms with Crippen LogP contribution in [0.3, 0.4) is 0 Å². The molecule has 1 saturated carbocycles. The number of carbonyl (C=O) groups is 1. The van der Waals surface area contributed by atoms with Crippen LogP contribution in [0.1, 0.15) is 34.1 Å². The monoisotopic (exact) mass is 350 g/mol. The maximum atomic E-state index is 12.6. The van der Waals surface area contributed by atoms with E-state index in [2.05, 4.69) is 5.32 Å². The quantitative estimate of drug-likeness (QED) is 0.750. The van der Waals surface area contributed by atoms with Gasteiger partial charge in [0.05, 0.1) is 19.8 Å². The van der Waals surface area contributed by atoms with E-state index in [1.54, 1.807) is 7.11 Å². The summed E-state index contributed by atoms with van der Waals surface area (Å²) in [6.45, 7) is 8.81. The first-order chi connectivity index (χ1) is 11.7. The maximum absolute atomic E-state index is 12.6. The number of methoxy groups -OCH3 is 1. The highest BCUT2D eigenvalue weighted by molar-refractivity contribution is 5.88. The Labute approximate surface area is 150 Å². The van der Waals surface area contributed by atoms with E-state index in [4.69, 9.17) is 19.9 Å². The standard InChI is InChI=1S/C19H30N2O4/c1-6-24-16-11-19(20,18(16,3)4)17(22)21-12-13(2)25-15-9-7-8-14(10-15)23-5/h7-10,13,16H,6,11-12,20H2,1-5H3,(H,21,22). The van der Waals surface area contributed by atoms with Crippen LogP contribution in [0.15, 0.2) is 24.3 Å². The van der Waals surface area contributed by atoms with Gasteiger partial charge < -0.3 is 25.3 Å². The van der Waals surface area contributed by atoms with Crippen molar-refractivity contribution in [3.63, 3.8) is 0 Å². The van der Waals surface area contributed by atoms with Crippen molar-refractivity contribution < 1.29 is 19.0 Å². The lowest BCUT2D eigenvalue weighted by atomic mass is 9.54. The molecule has 1 amide bonds. The highest BCUT2D eigenvalue weighted by Crippen LogP contribution is 2.49. The molecule has 6 heteroatoms. The van der Waals surface area contributed by atoms with E-state index in [1.807, 2.05) is 52.0 Å². The third kappa shape index (κ3) is 3.90. The summed E-state index contributed by atoms with van der Waals surface area (Å²) in [4.78, 5) is 12.6. The Morgan fingerprint density at radius 2 is 2.08 bits per heavy atom. The average molecular weight is 350 g/mol. The Kier molecular flexibility index (Phi) is 5.95. The molecule has 0 radical (unpaired) electrons. The first-order valence-corrected chi connectivity index (χ1v) is 8.74. The Hall–Kier alpha value is -1.79. The Morgan fingerprint density at radius 3 is 2.68 bits per heavy atom. The second kappa shape index (κ2) is 7.62. The van der Waals surface area contributed by atoms with Gasteiger partial charge in [0, 0.05) is 24.5 Å². The summed E-state index contributed by atoms with van der Waals surface area (Å²) in [7, 11) is 1.61. The van der Waals surface area contributed by atoms with Crippen molar-refractivity contribution in [2.45, 2.75) is 51.9 Å². The molecule has 1 aromatic carbocycles. The predicted molar refractivity (Wildman–Crippen MR) is 96.8 cm³/mol. The number of nitrogens with one attached hydrogen (secondary N) is 1. The Morgan fingerprint density at radius 1 is 1.40 bits per heavy atom. The summed E-state index contributed by atoms with van der Waals surface area (Å²) in [5.74, 6) is 1.27. The lowest BCUT2D eigenvalue weighted by Crippen LogP contribution is -2.76. The minimum Gasteiger partial charge on any atom is -0.497 e. The van der Waals surface area contributed by atoms with Crippen LogP contribution in [0.2, 0.25) is 0 Å². The van der Waals surface area contributed by atoms with Crippen LogP contribution >= 0.6 is 0 Å². The molecule has 3 atom stereocenters. The second-order valence-corrected chi connectivity index (χ2v) is 7.16. The fourth-order valence-corrected chi connectivity index (χ4v) is 3.16. The zero-order valence-electron chi connectivity index (χ0n) is 15.8. The van der Waals surface area contributed by atoms with Crippen molar-refractivity contribution in [2.75, 3.05) is 20.3 Å². The van der Waals surface area contributed by atoms with E-state index in [0.29, 0.717) is 25.3 Å². The lowest BCUT2D eigenvalue weighted by Gasteiger charge is -2.57. The van der Waals surface area contributed by atoms with Crippen LogP contribution in [0.4, 0.5) is 0 Å². The number of amides is 1. The van der Waals surface area contributed by atoms with Gasteiger partial charge in [0.1, 0.15) is 23.1 Å². The highest BCUT2D eigenvalue weighted by Gasteiger charge is 2.62. The van der Waals surface area contributed by atoms with Crippen LogP contribution in [-0.4, -0.2) is 43.9 Å². The average Bonchev–Trinajstić information content (AvgIpc) is 2.59. The number of ether oxygens (including phenoxy) is 3. The van der Waals surface area contributed by atoms with Gasteiger partial charge in [0.25, 0.3) is 0 Å². The molecular weight excluding hydrogens is 320 g/mol. The zero-order valence-corrected chi connectivity index (χ0v) is 15.8. The smallest absolute Gasteiger partial charge is 0.240 e. The predicted octanol–water partition coefficient (Wildman–Crippen LogP) is 2.11. The Balaban J connectivity index is 1.87. The molecule has 25 heavy (non-hydrogen) atoms. The SMILES string of the molecule is CCOC1CC(N)(C(=O)NCC(C)Oc2cccc(OC)c2)C1(C)C. The topological polar surface area (TPSA) is 82.8 Å². The molecule has 3 N–H and O–H groups in total. The number of nitrogens with two attached hydrogens (primary N) is 1. The molecule has 3 unspecified atom stereocenters. The van der Waals surface area contributed by atoms with Crippen LogP contribution in [-0.2, 0) is 9.53 Å². The molecule has 0 bridgehead atoms. The molecule has 0 spiro atoms. The maximum Gasteiger partial charge on any atom is 0.240 e. The second-order valence-electron chi connectivity index (χ2n) is 7.16. The molecule has 0 aliphatic heterocycles. The number of hydrogen-bond donors (Lipinski definition) is 2. The molecule has 0 saturated heterocycles. The minimum atomic E-state index is -0.914. The molecule has 0 heterocycles. The van der Waals surface area contributed by atoms with Crippen molar-refractivity contribution in [3.05, 3.63) is 24.3 Å². The lowest BCUT2D eigenvalue weighted by molar-refractivity contribution is -0.170. The Bertz CT molecular complexity index is 605. The van der Waals surface area contributed by atoms with Gasteiger partial charge in [-0.1, -0.05) is 19.9 Å². The van der Waals surface area contributed by atoms with Gasteiger partial charge in [-0.2, -0.15) is 0 Å². The first kappa shape index (κ1) is 19.5. The molecule has 1 aromatic rings. The number of benzene rings is 1. The van der Waals surface area contributed by atoms with Crippen molar-refractivity contribution in [1.29, 1.82) is 0 Å². The number of rotatable bonds is 8. The molecule has 1 fully saturated rings. The van der Waals surface area contributed by atoms with Gasteiger partial charge in [0.2, 0.25) is 5.91 Å². The molecule has 1 aliphatic carbocycles. The molecule has 2 rings (SSSR count). The van der Waals surface area contributed by atoms with Gasteiger partial charge in [-0.25, -0.2) is 0 Å².